The zero-order chi connectivity index (χ0) is 27.9. The van der Waals surface area contributed by atoms with E-state index in [1.54, 1.807) is 18.2 Å². The highest BCUT2D eigenvalue weighted by atomic mass is 16.5. The molecule has 9 heteroatoms. The van der Waals surface area contributed by atoms with Gasteiger partial charge in [0.25, 0.3) is 5.91 Å². The summed E-state index contributed by atoms with van der Waals surface area (Å²) in [6, 6.07) is 14.1. The highest BCUT2D eigenvalue weighted by molar-refractivity contribution is 6.13. The number of benzene rings is 2. The predicted octanol–water partition coefficient (Wildman–Crippen LogP) is 5.17. The maximum atomic E-state index is 13.1. The third-order valence-corrected chi connectivity index (χ3v) is 5.96. The number of esters is 1. The summed E-state index contributed by atoms with van der Waals surface area (Å²) in [7, 11) is 1.24. The number of furan rings is 1. The van der Waals surface area contributed by atoms with Crippen molar-refractivity contribution in [2.45, 2.75) is 33.4 Å². The van der Waals surface area contributed by atoms with Gasteiger partial charge in [0.15, 0.2) is 11.5 Å². The van der Waals surface area contributed by atoms with Crippen molar-refractivity contribution >= 4 is 24.0 Å². The molecule has 2 aromatic carbocycles. The lowest BCUT2D eigenvalue weighted by Gasteiger charge is -2.17. The van der Waals surface area contributed by atoms with Crippen LogP contribution in [-0.4, -0.2) is 36.5 Å². The summed E-state index contributed by atoms with van der Waals surface area (Å²) in [6.45, 7) is 8.39. The Labute approximate surface area is 226 Å². The maximum Gasteiger partial charge on any atom is 0.373 e. The van der Waals surface area contributed by atoms with Crippen LogP contribution in [0.4, 0.5) is 4.79 Å². The number of hydrogen-bond acceptors (Lipinski definition) is 7. The van der Waals surface area contributed by atoms with Crippen molar-refractivity contribution in [1.29, 1.82) is 0 Å². The average Bonchev–Trinajstić information content (AvgIpc) is 3.49. The van der Waals surface area contributed by atoms with Gasteiger partial charge in [0.05, 0.1) is 20.3 Å². The van der Waals surface area contributed by atoms with Crippen LogP contribution in [0, 0.1) is 6.92 Å². The first-order valence-corrected chi connectivity index (χ1v) is 12.4. The monoisotopic (exact) mass is 530 g/mol. The molecule has 9 nitrogen and oxygen atoms in total. The van der Waals surface area contributed by atoms with Crippen LogP contribution >= 0.6 is 0 Å². The van der Waals surface area contributed by atoms with E-state index in [4.69, 9.17) is 13.9 Å². The average molecular weight is 531 g/mol. The number of ether oxygens (including phenoxy) is 3. The lowest BCUT2D eigenvalue weighted by molar-refractivity contribution is -0.123. The molecular weight excluding hydrogens is 500 g/mol. The van der Waals surface area contributed by atoms with Crippen molar-refractivity contribution in [3.8, 4) is 11.5 Å². The zero-order valence-corrected chi connectivity index (χ0v) is 22.1. The Hall–Kier alpha value is -4.79. The van der Waals surface area contributed by atoms with E-state index in [0.29, 0.717) is 36.7 Å². The van der Waals surface area contributed by atoms with E-state index >= 15 is 0 Å². The summed E-state index contributed by atoms with van der Waals surface area (Å²) in [6.07, 6.45) is 3.85. The Kier molecular flexibility index (Phi) is 8.50. The summed E-state index contributed by atoms with van der Waals surface area (Å²) in [5.41, 5.74) is 3.76. The van der Waals surface area contributed by atoms with Gasteiger partial charge < -0.3 is 23.9 Å². The predicted molar refractivity (Wildman–Crippen MR) is 144 cm³/mol. The summed E-state index contributed by atoms with van der Waals surface area (Å²) in [5, 5.41) is 2.60. The lowest BCUT2D eigenvalue weighted by Crippen LogP contribution is -2.30. The van der Waals surface area contributed by atoms with E-state index < -0.39 is 17.9 Å². The number of carbonyl (C=O) groups excluding carboxylic acids is 3. The standard InChI is InChI=1S/C30H30N2O7/c1-5-7-22-14-21(16-26(37-6-2)27(22)38-18-20-10-8-19(3)9-11-20)15-24-28(33)32(30(35)31-24)17-23-12-13-25(39-23)29(34)36-4/h5,8-16H,1,6-7,17-18H2,2-4H3,(H,31,35)/b24-15-. The summed E-state index contributed by atoms with van der Waals surface area (Å²) >= 11 is 0. The van der Waals surface area contributed by atoms with E-state index in [1.165, 1.54) is 24.8 Å². The second kappa shape index (κ2) is 12.2. The first kappa shape index (κ1) is 27.3. The van der Waals surface area contributed by atoms with Gasteiger partial charge in [0.1, 0.15) is 18.1 Å². The Bertz CT molecular complexity index is 1420. The minimum atomic E-state index is -0.647. The molecule has 1 aliphatic heterocycles. The summed E-state index contributed by atoms with van der Waals surface area (Å²) < 4.78 is 22.1. The van der Waals surface area contributed by atoms with E-state index in [0.717, 1.165) is 16.0 Å². The Morgan fingerprint density at radius 3 is 2.56 bits per heavy atom. The molecule has 3 aromatic rings. The van der Waals surface area contributed by atoms with Gasteiger partial charge in [-0.2, -0.15) is 0 Å². The first-order chi connectivity index (χ1) is 18.8. The van der Waals surface area contributed by atoms with E-state index in [-0.39, 0.29) is 23.8 Å². The maximum absolute atomic E-state index is 13.1. The molecule has 0 saturated carbocycles. The number of rotatable bonds is 11. The molecule has 0 bridgehead atoms. The largest absolute Gasteiger partial charge is 0.490 e. The highest BCUT2D eigenvalue weighted by Crippen LogP contribution is 2.35. The van der Waals surface area contributed by atoms with Crippen LogP contribution < -0.4 is 14.8 Å². The molecule has 2 heterocycles. The molecule has 4 rings (SSSR count). The molecule has 1 fully saturated rings. The first-order valence-electron chi connectivity index (χ1n) is 12.4. The molecule has 1 N–H and O–H groups in total. The molecule has 39 heavy (non-hydrogen) atoms. The van der Waals surface area contributed by atoms with Gasteiger partial charge in [0.2, 0.25) is 5.76 Å². The topological polar surface area (TPSA) is 107 Å². The van der Waals surface area contributed by atoms with Gasteiger partial charge in [-0.3, -0.25) is 9.69 Å². The number of nitrogens with zero attached hydrogens (tertiary/aromatic N) is 1. The Balaban J connectivity index is 1.58. The fraction of sp³-hybridized carbons (Fsp3) is 0.233. The van der Waals surface area contributed by atoms with Crippen LogP contribution in [-0.2, 0) is 29.1 Å². The van der Waals surface area contributed by atoms with Gasteiger partial charge in [-0.1, -0.05) is 35.9 Å². The third kappa shape index (κ3) is 6.38. The molecule has 0 aliphatic carbocycles. The number of hydrogen-bond donors (Lipinski definition) is 1. The minimum Gasteiger partial charge on any atom is -0.490 e. The molecule has 0 spiro atoms. The van der Waals surface area contributed by atoms with Crippen molar-refractivity contribution in [1.82, 2.24) is 10.2 Å². The van der Waals surface area contributed by atoms with Gasteiger partial charge in [0, 0.05) is 5.56 Å². The second-order valence-corrected chi connectivity index (χ2v) is 8.84. The van der Waals surface area contributed by atoms with Gasteiger partial charge in [-0.15, -0.1) is 6.58 Å². The molecular formula is C30H30N2O7. The number of allylic oxidation sites excluding steroid dienone is 1. The van der Waals surface area contributed by atoms with E-state index in [9.17, 15) is 14.4 Å². The van der Waals surface area contributed by atoms with E-state index in [2.05, 4.69) is 16.6 Å². The van der Waals surface area contributed by atoms with Crippen LogP contribution in [0.5, 0.6) is 11.5 Å². The SMILES string of the molecule is C=CCc1cc(/C=C2\NC(=O)N(Cc3ccc(C(=O)OC)o3)C2=O)cc(OCC)c1OCc1ccc(C)cc1. The van der Waals surface area contributed by atoms with Crippen molar-refractivity contribution < 1.29 is 33.0 Å². The number of urea groups is 1. The molecule has 3 amide bonds. The molecule has 202 valence electrons. The molecule has 0 unspecified atom stereocenters. The molecule has 1 saturated heterocycles. The van der Waals surface area contributed by atoms with Crippen molar-refractivity contribution in [3.63, 3.8) is 0 Å². The normalized spacial score (nSPS) is 13.9. The van der Waals surface area contributed by atoms with Gasteiger partial charge in [-0.05, 0) is 61.7 Å². The highest BCUT2D eigenvalue weighted by Gasteiger charge is 2.34. The number of methoxy groups -OCH3 is 1. The zero-order valence-electron chi connectivity index (χ0n) is 22.1. The van der Waals surface area contributed by atoms with Crippen LogP contribution in [0.2, 0.25) is 0 Å². The van der Waals surface area contributed by atoms with Gasteiger partial charge in [-0.25, -0.2) is 9.59 Å². The van der Waals surface area contributed by atoms with Crippen molar-refractivity contribution in [2.75, 3.05) is 13.7 Å². The molecule has 0 atom stereocenters. The Morgan fingerprint density at radius 1 is 1.10 bits per heavy atom. The van der Waals surface area contributed by atoms with Crippen LogP contribution in [0.1, 0.15) is 45.5 Å². The number of nitrogens with one attached hydrogen (secondary N) is 1. The smallest absolute Gasteiger partial charge is 0.373 e. The molecule has 1 aromatic heterocycles. The second-order valence-electron chi connectivity index (χ2n) is 8.84. The number of aryl methyl sites for hydroxylation is 1. The number of carbonyl (C=O) groups is 3. The van der Waals surface area contributed by atoms with Crippen LogP contribution in [0.15, 0.2) is 71.3 Å². The number of imide groups is 1. The quantitative estimate of drug-likeness (QED) is 0.158. The lowest BCUT2D eigenvalue weighted by atomic mass is 10.0. The summed E-state index contributed by atoms with van der Waals surface area (Å²) in [5.74, 6) is 0.197. The summed E-state index contributed by atoms with van der Waals surface area (Å²) in [4.78, 5) is 38.3. The van der Waals surface area contributed by atoms with Gasteiger partial charge >= 0.3 is 12.0 Å². The fourth-order valence-corrected chi connectivity index (χ4v) is 4.05. The molecule has 0 radical (unpaired) electrons. The van der Waals surface area contributed by atoms with Crippen molar-refractivity contribution in [3.05, 3.63) is 101 Å². The van der Waals surface area contributed by atoms with Crippen molar-refractivity contribution in [2.24, 2.45) is 0 Å². The third-order valence-electron chi connectivity index (χ3n) is 5.96. The van der Waals surface area contributed by atoms with Crippen LogP contribution in [0.25, 0.3) is 6.08 Å². The minimum absolute atomic E-state index is 0.0155. The molecule has 1 aliphatic rings. The Morgan fingerprint density at radius 2 is 1.87 bits per heavy atom. The van der Waals surface area contributed by atoms with Crippen LogP contribution in [0.3, 0.4) is 0 Å². The fourth-order valence-electron chi connectivity index (χ4n) is 4.05. The van der Waals surface area contributed by atoms with E-state index in [1.807, 2.05) is 44.2 Å². The number of amides is 3.